The fraction of sp³-hybridized carbons (Fsp3) is 0.429. The minimum atomic E-state index is 0.125. The minimum Gasteiger partial charge on any atom is -0.368 e. The quantitative estimate of drug-likeness (QED) is 0.849. The minimum absolute atomic E-state index is 0.125. The van der Waals surface area contributed by atoms with Crippen molar-refractivity contribution in [1.29, 1.82) is 0 Å². The molecule has 0 N–H and O–H groups in total. The highest BCUT2D eigenvalue weighted by molar-refractivity contribution is 5.74. The number of aryl methyl sites for hydroxylation is 1. The maximum absolute atomic E-state index is 12.7. The Morgan fingerprint density at radius 3 is 2.46 bits per heavy atom. The number of carbonyl (C=O) groups is 1. The van der Waals surface area contributed by atoms with Crippen LogP contribution in [-0.2, 0) is 6.42 Å². The molecule has 2 aromatic rings. The summed E-state index contributed by atoms with van der Waals surface area (Å²) in [6.07, 6.45) is 4.44. The first-order valence-corrected chi connectivity index (χ1v) is 9.26. The highest BCUT2D eigenvalue weighted by Gasteiger charge is 2.24. The number of piperazine rings is 1. The summed E-state index contributed by atoms with van der Waals surface area (Å²) in [5.74, 6) is 0. The largest absolute Gasteiger partial charge is 0.368 e. The van der Waals surface area contributed by atoms with Crippen LogP contribution >= 0.6 is 0 Å². The van der Waals surface area contributed by atoms with Crippen molar-refractivity contribution in [3.8, 4) is 0 Å². The van der Waals surface area contributed by atoms with Crippen molar-refractivity contribution in [2.24, 2.45) is 0 Å². The van der Waals surface area contributed by atoms with Crippen molar-refractivity contribution in [1.82, 2.24) is 14.8 Å². The first kappa shape index (κ1) is 18.2. The molecular formula is C21H28N4O. The van der Waals surface area contributed by atoms with Crippen molar-refractivity contribution in [2.75, 3.05) is 44.7 Å². The molecule has 0 unspecified atom stereocenters. The Bertz CT molecular complexity index is 739. The average Bonchev–Trinajstić information content (AvgIpc) is 2.68. The van der Waals surface area contributed by atoms with E-state index in [1.54, 1.807) is 12.4 Å². The number of pyridine rings is 1. The predicted octanol–water partition coefficient (Wildman–Crippen LogP) is 3.11. The third-order valence-electron chi connectivity index (χ3n) is 5.28. The molecule has 0 aliphatic carbocycles. The number of hydrogen-bond donors (Lipinski definition) is 0. The molecule has 26 heavy (non-hydrogen) atoms. The molecule has 3 rings (SSSR count). The van der Waals surface area contributed by atoms with E-state index in [9.17, 15) is 4.79 Å². The number of rotatable bonds is 4. The van der Waals surface area contributed by atoms with Crippen molar-refractivity contribution >= 4 is 11.7 Å². The third kappa shape index (κ3) is 4.15. The van der Waals surface area contributed by atoms with E-state index in [2.05, 4.69) is 41.9 Å². The first-order valence-electron chi connectivity index (χ1n) is 9.26. The number of benzene rings is 1. The summed E-state index contributed by atoms with van der Waals surface area (Å²) in [6.45, 7) is 8.35. The lowest BCUT2D eigenvalue weighted by Gasteiger charge is -2.38. The molecule has 1 aliphatic rings. The van der Waals surface area contributed by atoms with Crippen molar-refractivity contribution < 1.29 is 4.79 Å². The Balaban J connectivity index is 1.52. The molecule has 0 radical (unpaired) electrons. The Kier molecular flexibility index (Phi) is 5.76. The standard InChI is InChI=1S/C21H28N4O/c1-17-5-4-6-20(18(17)2)24-13-15-25(16-14-24)21(26)23(3)12-9-19-7-10-22-11-8-19/h4-8,10-11H,9,12-16H2,1-3H3. The smallest absolute Gasteiger partial charge is 0.319 e. The molecule has 1 aromatic heterocycles. The molecule has 0 bridgehead atoms. The van der Waals surface area contributed by atoms with E-state index in [1.807, 2.05) is 29.0 Å². The van der Waals surface area contributed by atoms with Gasteiger partial charge in [-0.3, -0.25) is 4.98 Å². The normalized spacial score (nSPS) is 14.4. The van der Waals surface area contributed by atoms with Crippen molar-refractivity contribution in [2.45, 2.75) is 20.3 Å². The number of anilines is 1. The summed E-state index contributed by atoms with van der Waals surface area (Å²) in [5, 5.41) is 0. The van der Waals surface area contributed by atoms with Crippen LogP contribution in [0.4, 0.5) is 10.5 Å². The average molecular weight is 352 g/mol. The zero-order valence-corrected chi connectivity index (χ0v) is 16.0. The predicted molar refractivity (Wildman–Crippen MR) is 106 cm³/mol. The molecule has 0 spiro atoms. The number of urea groups is 1. The molecular weight excluding hydrogens is 324 g/mol. The number of hydrogen-bond acceptors (Lipinski definition) is 3. The molecule has 1 aromatic carbocycles. The molecule has 5 heteroatoms. The molecule has 1 saturated heterocycles. The second-order valence-corrected chi connectivity index (χ2v) is 7.00. The van der Waals surface area contributed by atoms with Crippen LogP contribution in [0.25, 0.3) is 0 Å². The fourth-order valence-electron chi connectivity index (χ4n) is 3.40. The number of aromatic nitrogens is 1. The molecule has 0 atom stereocenters. The van der Waals surface area contributed by atoms with Gasteiger partial charge in [-0.15, -0.1) is 0 Å². The van der Waals surface area contributed by atoms with E-state index in [1.165, 1.54) is 22.4 Å². The second-order valence-electron chi connectivity index (χ2n) is 7.00. The SMILES string of the molecule is Cc1cccc(N2CCN(C(=O)N(C)CCc3ccncc3)CC2)c1C. The summed E-state index contributed by atoms with van der Waals surface area (Å²) >= 11 is 0. The Morgan fingerprint density at radius 1 is 1.08 bits per heavy atom. The van der Waals surface area contributed by atoms with Crippen LogP contribution in [-0.4, -0.2) is 60.6 Å². The zero-order valence-electron chi connectivity index (χ0n) is 16.0. The van der Waals surface area contributed by atoms with E-state index in [-0.39, 0.29) is 6.03 Å². The van der Waals surface area contributed by atoms with E-state index in [4.69, 9.17) is 0 Å². The van der Waals surface area contributed by atoms with Gasteiger partial charge in [0.2, 0.25) is 0 Å². The van der Waals surface area contributed by atoms with E-state index in [0.29, 0.717) is 0 Å². The second kappa shape index (κ2) is 8.21. The Hall–Kier alpha value is -2.56. The molecule has 5 nitrogen and oxygen atoms in total. The molecule has 2 heterocycles. The summed E-state index contributed by atoms with van der Waals surface area (Å²) in [6, 6.07) is 10.6. The monoisotopic (exact) mass is 352 g/mol. The first-order chi connectivity index (χ1) is 12.6. The maximum Gasteiger partial charge on any atom is 0.319 e. The van der Waals surface area contributed by atoms with Crippen LogP contribution in [0.2, 0.25) is 0 Å². The van der Waals surface area contributed by atoms with Crippen LogP contribution in [0.15, 0.2) is 42.7 Å². The highest BCUT2D eigenvalue weighted by atomic mass is 16.2. The number of nitrogens with zero attached hydrogens (tertiary/aromatic N) is 4. The van der Waals surface area contributed by atoms with Gasteiger partial charge in [-0.25, -0.2) is 4.79 Å². The van der Waals surface area contributed by atoms with Crippen LogP contribution in [0, 0.1) is 13.8 Å². The van der Waals surface area contributed by atoms with E-state index >= 15 is 0 Å². The fourth-order valence-corrected chi connectivity index (χ4v) is 3.40. The van der Waals surface area contributed by atoms with Gasteiger partial charge in [0.25, 0.3) is 0 Å². The molecule has 1 aliphatic heterocycles. The van der Waals surface area contributed by atoms with Gasteiger partial charge in [-0.2, -0.15) is 0 Å². The van der Waals surface area contributed by atoms with E-state index in [0.717, 1.165) is 39.1 Å². The Morgan fingerprint density at radius 2 is 1.77 bits per heavy atom. The van der Waals surface area contributed by atoms with Gasteiger partial charge in [-0.05, 0) is 55.2 Å². The highest BCUT2D eigenvalue weighted by Crippen LogP contribution is 2.24. The van der Waals surface area contributed by atoms with E-state index < -0.39 is 0 Å². The summed E-state index contributed by atoms with van der Waals surface area (Å²) in [4.78, 5) is 22.9. The topological polar surface area (TPSA) is 39.7 Å². The van der Waals surface area contributed by atoms with Gasteiger partial charge in [0, 0.05) is 57.9 Å². The van der Waals surface area contributed by atoms with Gasteiger partial charge >= 0.3 is 6.03 Å². The summed E-state index contributed by atoms with van der Waals surface area (Å²) < 4.78 is 0. The van der Waals surface area contributed by atoms with Gasteiger partial charge in [0.1, 0.15) is 0 Å². The van der Waals surface area contributed by atoms with Gasteiger partial charge < -0.3 is 14.7 Å². The lowest BCUT2D eigenvalue weighted by atomic mass is 10.1. The van der Waals surface area contributed by atoms with Gasteiger partial charge in [-0.1, -0.05) is 12.1 Å². The van der Waals surface area contributed by atoms with Crippen LogP contribution in [0.1, 0.15) is 16.7 Å². The number of carbonyl (C=O) groups excluding carboxylic acids is 1. The van der Waals surface area contributed by atoms with Crippen molar-refractivity contribution in [3.63, 3.8) is 0 Å². The van der Waals surface area contributed by atoms with Gasteiger partial charge in [0.05, 0.1) is 0 Å². The molecule has 138 valence electrons. The molecule has 1 fully saturated rings. The Labute approximate surface area is 156 Å². The lowest BCUT2D eigenvalue weighted by Crippen LogP contribution is -2.52. The third-order valence-corrected chi connectivity index (χ3v) is 5.28. The van der Waals surface area contributed by atoms with Crippen LogP contribution in [0.5, 0.6) is 0 Å². The number of likely N-dealkylation sites (N-methyl/N-ethyl adjacent to an activating group) is 1. The van der Waals surface area contributed by atoms with Crippen molar-refractivity contribution in [3.05, 3.63) is 59.4 Å². The van der Waals surface area contributed by atoms with Gasteiger partial charge in [0.15, 0.2) is 0 Å². The summed E-state index contributed by atoms with van der Waals surface area (Å²) in [7, 11) is 1.89. The van der Waals surface area contributed by atoms with Crippen LogP contribution in [0.3, 0.4) is 0 Å². The summed E-state index contributed by atoms with van der Waals surface area (Å²) in [5.41, 5.74) is 5.15. The van der Waals surface area contributed by atoms with Crippen LogP contribution < -0.4 is 4.90 Å². The molecule has 0 saturated carbocycles. The lowest BCUT2D eigenvalue weighted by molar-refractivity contribution is 0.160. The molecule has 2 amide bonds. The number of amides is 2. The maximum atomic E-state index is 12.7. The zero-order chi connectivity index (χ0) is 18.5.